The zero-order valence-electron chi connectivity index (χ0n) is 12.7. The maximum atomic E-state index is 11.4. The van der Waals surface area contributed by atoms with Crippen LogP contribution in [0.5, 0.6) is 0 Å². The number of anilines is 1. The second kappa shape index (κ2) is 6.40. The summed E-state index contributed by atoms with van der Waals surface area (Å²) >= 11 is 0. The molecule has 1 heterocycles. The molecular formula is C19H16N2O2. The van der Waals surface area contributed by atoms with Gasteiger partial charge in [-0.3, -0.25) is 9.59 Å². The van der Waals surface area contributed by atoms with Gasteiger partial charge >= 0.3 is 0 Å². The number of fused-ring (bicyclic) bond motifs is 1. The normalized spacial score (nSPS) is 10.5. The molecule has 114 valence electrons. The van der Waals surface area contributed by atoms with E-state index in [1.165, 1.54) is 0 Å². The van der Waals surface area contributed by atoms with Gasteiger partial charge in [-0.15, -0.1) is 0 Å². The van der Waals surface area contributed by atoms with Crippen LogP contribution in [-0.4, -0.2) is 17.2 Å². The van der Waals surface area contributed by atoms with Gasteiger partial charge in [0.2, 0.25) is 5.91 Å². The van der Waals surface area contributed by atoms with Gasteiger partial charge in [-0.2, -0.15) is 0 Å². The maximum absolute atomic E-state index is 11.4. The highest BCUT2D eigenvalue weighted by Crippen LogP contribution is 2.25. The van der Waals surface area contributed by atoms with Crippen molar-refractivity contribution in [2.24, 2.45) is 0 Å². The van der Waals surface area contributed by atoms with E-state index >= 15 is 0 Å². The number of para-hydroxylation sites is 1. The number of aldehydes is 1. The maximum Gasteiger partial charge on any atom is 0.224 e. The highest BCUT2D eigenvalue weighted by Gasteiger charge is 2.07. The lowest BCUT2D eigenvalue weighted by molar-refractivity contribution is -0.115. The Morgan fingerprint density at radius 3 is 2.57 bits per heavy atom. The Balaban J connectivity index is 1.99. The van der Waals surface area contributed by atoms with Crippen molar-refractivity contribution in [3.8, 4) is 11.3 Å². The molecule has 0 atom stereocenters. The SMILES string of the molecule is CCC(=O)Nc1ccc(-c2cc(C=O)c3ccccc3n2)cc1. The number of benzene rings is 2. The highest BCUT2D eigenvalue weighted by atomic mass is 16.1. The molecule has 3 rings (SSSR count). The summed E-state index contributed by atoms with van der Waals surface area (Å²) in [6, 6.07) is 16.8. The summed E-state index contributed by atoms with van der Waals surface area (Å²) in [7, 11) is 0. The summed E-state index contributed by atoms with van der Waals surface area (Å²) < 4.78 is 0. The summed E-state index contributed by atoms with van der Waals surface area (Å²) in [4.78, 5) is 27.4. The van der Waals surface area contributed by atoms with E-state index in [1.54, 1.807) is 6.07 Å². The van der Waals surface area contributed by atoms with E-state index in [0.717, 1.165) is 34.1 Å². The fraction of sp³-hybridized carbons (Fsp3) is 0.105. The summed E-state index contributed by atoms with van der Waals surface area (Å²) in [6.07, 6.45) is 1.29. The van der Waals surface area contributed by atoms with Gasteiger partial charge in [0.05, 0.1) is 11.2 Å². The quantitative estimate of drug-likeness (QED) is 0.739. The molecule has 3 aromatic rings. The number of carbonyl (C=O) groups is 2. The molecule has 1 N–H and O–H groups in total. The number of nitrogens with one attached hydrogen (secondary N) is 1. The van der Waals surface area contributed by atoms with Gasteiger partial charge in [0.1, 0.15) is 0 Å². The monoisotopic (exact) mass is 304 g/mol. The van der Waals surface area contributed by atoms with E-state index < -0.39 is 0 Å². The van der Waals surface area contributed by atoms with Crippen LogP contribution in [0.4, 0.5) is 5.69 Å². The molecule has 4 heteroatoms. The van der Waals surface area contributed by atoms with Crippen LogP contribution in [0.3, 0.4) is 0 Å². The fourth-order valence-electron chi connectivity index (χ4n) is 2.42. The molecule has 0 fully saturated rings. The Morgan fingerprint density at radius 2 is 1.87 bits per heavy atom. The molecule has 0 aliphatic rings. The second-order valence-corrected chi connectivity index (χ2v) is 5.21. The highest BCUT2D eigenvalue weighted by molar-refractivity contribution is 5.98. The first-order chi connectivity index (χ1) is 11.2. The van der Waals surface area contributed by atoms with Crippen molar-refractivity contribution in [1.82, 2.24) is 4.98 Å². The van der Waals surface area contributed by atoms with E-state index in [1.807, 2.05) is 55.5 Å². The van der Waals surface area contributed by atoms with Gasteiger partial charge in [-0.05, 0) is 24.3 Å². The van der Waals surface area contributed by atoms with Gasteiger partial charge in [0, 0.05) is 28.6 Å². The van der Waals surface area contributed by atoms with Crippen LogP contribution >= 0.6 is 0 Å². The third-order valence-corrected chi connectivity index (χ3v) is 3.66. The number of nitrogens with zero attached hydrogens (tertiary/aromatic N) is 1. The number of pyridine rings is 1. The van der Waals surface area contributed by atoms with E-state index in [2.05, 4.69) is 10.3 Å². The van der Waals surface area contributed by atoms with Crippen molar-refractivity contribution < 1.29 is 9.59 Å². The number of hydrogen-bond acceptors (Lipinski definition) is 3. The number of rotatable bonds is 4. The molecule has 0 saturated carbocycles. The van der Waals surface area contributed by atoms with Crippen LogP contribution < -0.4 is 5.32 Å². The van der Waals surface area contributed by atoms with Gasteiger partial charge in [-0.1, -0.05) is 37.3 Å². The minimum absolute atomic E-state index is 0.0233. The Labute approximate surface area is 134 Å². The molecule has 23 heavy (non-hydrogen) atoms. The first kappa shape index (κ1) is 14.9. The molecule has 0 aliphatic carbocycles. The average molecular weight is 304 g/mol. The van der Waals surface area contributed by atoms with Crippen LogP contribution in [0, 0.1) is 0 Å². The van der Waals surface area contributed by atoms with Crippen molar-refractivity contribution in [2.45, 2.75) is 13.3 Å². The first-order valence-corrected chi connectivity index (χ1v) is 7.46. The molecule has 0 saturated heterocycles. The lowest BCUT2D eigenvalue weighted by Gasteiger charge is -2.08. The Kier molecular flexibility index (Phi) is 4.15. The molecular weight excluding hydrogens is 288 g/mol. The topological polar surface area (TPSA) is 59.1 Å². The Bertz CT molecular complexity index is 870. The van der Waals surface area contributed by atoms with Crippen molar-refractivity contribution >= 4 is 28.8 Å². The molecule has 2 aromatic carbocycles. The third kappa shape index (κ3) is 3.11. The van der Waals surface area contributed by atoms with Crippen LogP contribution in [0.15, 0.2) is 54.6 Å². The van der Waals surface area contributed by atoms with Crippen LogP contribution in [-0.2, 0) is 4.79 Å². The lowest BCUT2D eigenvalue weighted by Crippen LogP contribution is -2.09. The van der Waals surface area contributed by atoms with Crippen molar-refractivity contribution in [3.63, 3.8) is 0 Å². The predicted octanol–water partition coefficient (Wildman–Crippen LogP) is 4.06. The summed E-state index contributed by atoms with van der Waals surface area (Å²) in [5, 5.41) is 3.65. The molecule has 0 bridgehead atoms. The Hall–Kier alpha value is -3.01. The predicted molar refractivity (Wildman–Crippen MR) is 91.5 cm³/mol. The molecule has 0 radical (unpaired) electrons. The summed E-state index contributed by atoms with van der Waals surface area (Å²) in [5.41, 5.74) is 3.79. The van der Waals surface area contributed by atoms with Crippen LogP contribution in [0.2, 0.25) is 0 Å². The number of carbonyl (C=O) groups excluding carboxylic acids is 2. The van der Waals surface area contributed by atoms with Gasteiger partial charge in [-0.25, -0.2) is 4.98 Å². The minimum Gasteiger partial charge on any atom is -0.326 e. The zero-order chi connectivity index (χ0) is 16.2. The average Bonchev–Trinajstić information content (AvgIpc) is 2.61. The van der Waals surface area contributed by atoms with Gasteiger partial charge in [0.25, 0.3) is 0 Å². The van der Waals surface area contributed by atoms with E-state index in [-0.39, 0.29) is 5.91 Å². The summed E-state index contributed by atoms with van der Waals surface area (Å²) in [6.45, 7) is 1.81. The fourth-order valence-corrected chi connectivity index (χ4v) is 2.42. The van der Waals surface area contributed by atoms with Gasteiger partial charge in [0.15, 0.2) is 6.29 Å². The van der Waals surface area contributed by atoms with Crippen molar-refractivity contribution in [3.05, 3.63) is 60.2 Å². The standard InChI is InChI=1S/C19H16N2O2/c1-2-19(23)20-15-9-7-13(8-10-15)18-11-14(12-22)16-5-3-4-6-17(16)21-18/h3-12H,2H2,1H3,(H,20,23). The number of amides is 1. The van der Waals surface area contributed by atoms with Crippen LogP contribution in [0.25, 0.3) is 22.2 Å². The third-order valence-electron chi connectivity index (χ3n) is 3.66. The lowest BCUT2D eigenvalue weighted by atomic mass is 10.0. The van der Waals surface area contributed by atoms with Gasteiger partial charge < -0.3 is 5.32 Å². The number of aromatic nitrogens is 1. The minimum atomic E-state index is -0.0233. The van der Waals surface area contributed by atoms with E-state index in [9.17, 15) is 9.59 Å². The van der Waals surface area contributed by atoms with Crippen molar-refractivity contribution in [2.75, 3.05) is 5.32 Å². The molecule has 0 unspecified atom stereocenters. The van der Waals surface area contributed by atoms with Crippen molar-refractivity contribution in [1.29, 1.82) is 0 Å². The zero-order valence-corrected chi connectivity index (χ0v) is 12.7. The second-order valence-electron chi connectivity index (χ2n) is 5.21. The largest absolute Gasteiger partial charge is 0.326 e. The van der Waals surface area contributed by atoms with E-state index in [0.29, 0.717) is 12.0 Å². The molecule has 0 aliphatic heterocycles. The molecule has 0 spiro atoms. The van der Waals surface area contributed by atoms with Crippen LogP contribution in [0.1, 0.15) is 23.7 Å². The number of hydrogen-bond donors (Lipinski definition) is 1. The molecule has 1 aromatic heterocycles. The summed E-state index contributed by atoms with van der Waals surface area (Å²) in [5.74, 6) is -0.0233. The molecule has 1 amide bonds. The van der Waals surface area contributed by atoms with E-state index in [4.69, 9.17) is 0 Å². The first-order valence-electron chi connectivity index (χ1n) is 7.46. The molecule has 4 nitrogen and oxygen atoms in total. The smallest absolute Gasteiger partial charge is 0.224 e. The Morgan fingerprint density at radius 1 is 1.13 bits per heavy atom.